The summed E-state index contributed by atoms with van der Waals surface area (Å²) in [6, 6.07) is 19.4. The standard InChI is InChI=1S/C22H19N3S2/c1-26-17-7-5-16(6-8-17)21-20(24-22-23-13-2-14-25(21)22)15-3-9-18(10-4-15)27-19-11-12-19/h2-10,13-14,19H,11-12H2,1H3. The average Bonchev–Trinajstić information content (AvgIpc) is 3.45. The van der Waals surface area contributed by atoms with Gasteiger partial charge in [-0.15, -0.1) is 23.5 Å². The summed E-state index contributed by atoms with van der Waals surface area (Å²) in [6.45, 7) is 0. The van der Waals surface area contributed by atoms with Gasteiger partial charge in [0.15, 0.2) is 0 Å². The molecule has 2 heterocycles. The van der Waals surface area contributed by atoms with E-state index in [0.29, 0.717) is 0 Å². The SMILES string of the molecule is CSc1ccc(-c2c(-c3ccc(SC4CC4)cc3)nc3ncccn23)cc1. The maximum Gasteiger partial charge on any atom is 0.234 e. The lowest BCUT2D eigenvalue weighted by molar-refractivity contribution is 1.11. The van der Waals surface area contributed by atoms with Crippen LogP contribution in [0.4, 0.5) is 0 Å². The fourth-order valence-electron chi connectivity index (χ4n) is 3.18. The summed E-state index contributed by atoms with van der Waals surface area (Å²) in [6.07, 6.45) is 8.62. The van der Waals surface area contributed by atoms with E-state index in [0.717, 1.165) is 33.5 Å². The van der Waals surface area contributed by atoms with E-state index in [9.17, 15) is 0 Å². The van der Waals surface area contributed by atoms with Crippen LogP contribution in [0.1, 0.15) is 12.8 Å². The molecule has 1 saturated carbocycles. The van der Waals surface area contributed by atoms with Crippen molar-refractivity contribution in [2.75, 3.05) is 6.26 Å². The van der Waals surface area contributed by atoms with E-state index >= 15 is 0 Å². The largest absolute Gasteiger partial charge is 0.283 e. The highest BCUT2D eigenvalue weighted by Gasteiger charge is 2.22. The third kappa shape index (κ3) is 3.37. The first-order valence-corrected chi connectivity index (χ1v) is 11.2. The van der Waals surface area contributed by atoms with Crippen LogP contribution >= 0.6 is 23.5 Å². The normalized spacial score (nSPS) is 14.0. The Balaban J connectivity index is 1.62. The molecule has 0 N–H and O–H groups in total. The predicted molar refractivity (Wildman–Crippen MR) is 115 cm³/mol. The van der Waals surface area contributed by atoms with E-state index in [1.54, 1.807) is 18.0 Å². The quantitative estimate of drug-likeness (QED) is 0.389. The Labute approximate surface area is 167 Å². The number of hydrogen-bond acceptors (Lipinski definition) is 4. The van der Waals surface area contributed by atoms with Crippen molar-refractivity contribution in [1.29, 1.82) is 0 Å². The van der Waals surface area contributed by atoms with Gasteiger partial charge < -0.3 is 0 Å². The molecule has 0 amide bonds. The van der Waals surface area contributed by atoms with Crippen LogP contribution in [0.3, 0.4) is 0 Å². The molecule has 0 bridgehead atoms. The molecule has 0 spiro atoms. The van der Waals surface area contributed by atoms with E-state index in [1.807, 2.05) is 24.0 Å². The van der Waals surface area contributed by atoms with Gasteiger partial charge in [-0.2, -0.15) is 0 Å². The highest BCUT2D eigenvalue weighted by molar-refractivity contribution is 8.00. The number of fused-ring (bicyclic) bond motifs is 1. The molecule has 0 radical (unpaired) electrons. The van der Waals surface area contributed by atoms with Crippen LogP contribution in [0.25, 0.3) is 28.3 Å². The van der Waals surface area contributed by atoms with E-state index in [-0.39, 0.29) is 0 Å². The summed E-state index contributed by atoms with van der Waals surface area (Å²) in [5.41, 5.74) is 4.35. The molecule has 2 aromatic heterocycles. The lowest BCUT2D eigenvalue weighted by Crippen LogP contribution is -1.90. The van der Waals surface area contributed by atoms with Crippen LogP contribution in [0.15, 0.2) is 76.8 Å². The van der Waals surface area contributed by atoms with E-state index in [2.05, 4.69) is 64.2 Å². The van der Waals surface area contributed by atoms with Gasteiger partial charge in [0.2, 0.25) is 5.78 Å². The van der Waals surface area contributed by atoms with E-state index in [4.69, 9.17) is 4.98 Å². The summed E-state index contributed by atoms with van der Waals surface area (Å²) < 4.78 is 2.08. The minimum absolute atomic E-state index is 0.730. The number of rotatable bonds is 5. The summed E-state index contributed by atoms with van der Waals surface area (Å²) in [4.78, 5) is 11.9. The Kier molecular flexibility index (Phi) is 4.42. The van der Waals surface area contributed by atoms with Crippen molar-refractivity contribution in [1.82, 2.24) is 14.4 Å². The molecule has 0 unspecified atom stereocenters. The minimum Gasteiger partial charge on any atom is -0.283 e. The van der Waals surface area contributed by atoms with Crippen molar-refractivity contribution in [2.24, 2.45) is 0 Å². The monoisotopic (exact) mass is 389 g/mol. The highest BCUT2D eigenvalue weighted by atomic mass is 32.2. The van der Waals surface area contributed by atoms with Gasteiger partial charge in [0, 0.05) is 38.6 Å². The van der Waals surface area contributed by atoms with Crippen molar-refractivity contribution >= 4 is 29.3 Å². The van der Waals surface area contributed by atoms with Crippen LogP contribution in [0, 0.1) is 0 Å². The molecule has 2 aromatic carbocycles. The molecule has 1 aliphatic carbocycles. The zero-order valence-corrected chi connectivity index (χ0v) is 16.6. The molecule has 5 heteroatoms. The molecule has 4 aromatic rings. The summed E-state index contributed by atoms with van der Waals surface area (Å²) in [7, 11) is 0. The molecule has 5 rings (SSSR count). The molecule has 27 heavy (non-hydrogen) atoms. The fraction of sp³-hybridized carbons (Fsp3) is 0.182. The molecule has 0 atom stereocenters. The van der Waals surface area contributed by atoms with Crippen molar-refractivity contribution in [3.8, 4) is 22.5 Å². The topological polar surface area (TPSA) is 30.2 Å². The maximum absolute atomic E-state index is 4.84. The molecule has 1 aliphatic rings. The number of nitrogens with zero attached hydrogens (tertiary/aromatic N) is 3. The van der Waals surface area contributed by atoms with Crippen LogP contribution < -0.4 is 0 Å². The third-order valence-electron chi connectivity index (χ3n) is 4.72. The van der Waals surface area contributed by atoms with E-state index in [1.165, 1.54) is 22.6 Å². The predicted octanol–water partition coefficient (Wildman–Crippen LogP) is 6.04. The van der Waals surface area contributed by atoms with Gasteiger partial charge >= 0.3 is 0 Å². The van der Waals surface area contributed by atoms with Gasteiger partial charge in [-0.3, -0.25) is 4.40 Å². The third-order valence-corrected chi connectivity index (χ3v) is 6.81. The second-order valence-corrected chi connectivity index (χ2v) is 8.92. The summed E-state index contributed by atoms with van der Waals surface area (Å²) >= 11 is 3.74. The molecule has 0 aliphatic heterocycles. The van der Waals surface area contributed by atoms with Gasteiger partial charge in [-0.1, -0.05) is 24.3 Å². The first kappa shape index (κ1) is 16.9. The number of hydrogen-bond donors (Lipinski definition) is 0. The summed E-state index contributed by atoms with van der Waals surface area (Å²) in [5, 5.41) is 0.820. The van der Waals surface area contributed by atoms with Gasteiger partial charge in [-0.25, -0.2) is 9.97 Å². The average molecular weight is 390 g/mol. The van der Waals surface area contributed by atoms with Gasteiger partial charge in [0.1, 0.15) is 0 Å². The molecule has 3 nitrogen and oxygen atoms in total. The second-order valence-electron chi connectivity index (χ2n) is 6.67. The maximum atomic E-state index is 4.84. The Morgan fingerprint density at radius 2 is 1.63 bits per heavy atom. The first-order chi connectivity index (χ1) is 13.3. The van der Waals surface area contributed by atoms with Crippen molar-refractivity contribution in [2.45, 2.75) is 27.9 Å². The fourth-order valence-corrected chi connectivity index (χ4v) is 4.64. The Hall–Kier alpha value is -2.24. The lowest BCUT2D eigenvalue weighted by atomic mass is 10.0. The lowest BCUT2D eigenvalue weighted by Gasteiger charge is -2.07. The number of imidazole rings is 1. The molecule has 134 valence electrons. The number of aromatic nitrogens is 3. The Morgan fingerprint density at radius 3 is 2.33 bits per heavy atom. The Bertz CT molecular complexity index is 1080. The van der Waals surface area contributed by atoms with Crippen LogP contribution in [-0.4, -0.2) is 25.9 Å². The minimum atomic E-state index is 0.730. The number of thioether (sulfide) groups is 2. The smallest absolute Gasteiger partial charge is 0.234 e. The second kappa shape index (κ2) is 7.06. The van der Waals surface area contributed by atoms with Crippen LogP contribution in [0.5, 0.6) is 0 Å². The summed E-state index contributed by atoms with van der Waals surface area (Å²) in [5.74, 6) is 0.730. The molecular formula is C22H19N3S2. The van der Waals surface area contributed by atoms with Crippen molar-refractivity contribution in [3.63, 3.8) is 0 Å². The van der Waals surface area contributed by atoms with Gasteiger partial charge in [-0.05, 0) is 49.4 Å². The molecule has 1 fully saturated rings. The zero-order valence-electron chi connectivity index (χ0n) is 15.0. The van der Waals surface area contributed by atoms with Crippen molar-refractivity contribution in [3.05, 3.63) is 67.0 Å². The van der Waals surface area contributed by atoms with Crippen LogP contribution in [-0.2, 0) is 0 Å². The highest BCUT2D eigenvalue weighted by Crippen LogP contribution is 2.40. The zero-order chi connectivity index (χ0) is 18.2. The van der Waals surface area contributed by atoms with Gasteiger partial charge in [0.25, 0.3) is 0 Å². The molecule has 0 saturated heterocycles. The van der Waals surface area contributed by atoms with Crippen LogP contribution in [0.2, 0.25) is 0 Å². The van der Waals surface area contributed by atoms with E-state index < -0.39 is 0 Å². The van der Waals surface area contributed by atoms with Crippen molar-refractivity contribution < 1.29 is 0 Å². The Morgan fingerprint density at radius 1 is 0.926 bits per heavy atom. The molecular weight excluding hydrogens is 370 g/mol. The number of benzene rings is 2. The first-order valence-electron chi connectivity index (χ1n) is 9.06. The van der Waals surface area contributed by atoms with Gasteiger partial charge in [0.05, 0.1) is 11.4 Å².